The largest absolute Gasteiger partial charge is 0.330 e. The van der Waals surface area contributed by atoms with Gasteiger partial charge in [0, 0.05) is 0 Å². The van der Waals surface area contributed by atoms with Gasteiger partial charge in [-0.2, -0.15) is 8.42 Å². The fourth-order valence-corrected chi connectivity index (χ4v) is 1.48. The zero-order valence-electron chi connectivity index (χ0n) is 7.90. The van der Waals surface area contributed by atoms with E-state index < -0.39 is 16.3 Å². The summed E-state index contributed by atoms with van der Waals surface area (Å²) in [6, 6.07) is 0. The molecule has 1 unspecified atom stereocenters. The van der Waals surface area contributed by atoms with Gasteiger partial charge in [-0.05, 0) is 25.8 Å². The van der Waals surface area contributed by atoms with Crippen molar-refractivity contribution in [1.29, 1.82) is 0 Å². The van der Waals surface area contributed by atoms with Gasteiger partial charge in [0.05, 0.1) is 6.26 Å². The molecule has 6 heteroatoms. The molecule has 0 heterocycles. The fraction of sp³-hybridized carbons (Fsp3) is 1.00. The molecular weight excluding hydrogens is 192 g/mol. The van der Waals surface area contributed by atoms with E-state index in [4.69, 9.17) is 11.5 Å². The van der Waals surface area contributed by atoms with Crippen molar-refractivity contribution in [3.05, 3.63) is 0 Å². The van der Waals surface area contributed by atoms with Crippen LogP contribution < -0.4 is 11.5 Å². The van der Waals surface area contributed by atoms with Crippen LogP contribution in [-0.2, 0) is 14.3 Å². The molecule has 13 heavy (non-hydrogen) atoms. The maximum atomic E-state index is 10.6. The highest BCUT2D eigenvalue weighted by Crippen LogP contribution is 2.04. The van der Waals surface area contributed by atoms with Crippen LogP contribution in [0.2, 0.25) is 0 Å². The lowest BCUT2D eigenvalue weighted by Crippen LogP contribution is -2.26. The zero-order valence-corrected chi connectivity index (χ0v) is 8.72. The number of unbranched alkanes of at least 4 members (excludes halogenated alkanes) is 2. The third kappa shape index (κ3) is 9.75. The minimum atomic E-state index is -3.42. The summed E-state index contributed by atoms with van der Waals surface area (Å²) in [5.74, 6) is 0. The number of rotatable bonds is 7. The van der Waals surface area contributed by atoms with Gasteiger partial charge in [-0.15, -0.1) is 0 Å². The second-order valence-corrected chi connectivity index (χ2v) is 4.58. The van der Waals surface area contributed by atoms with Crippen molar-refractivity contribution in [3.8, 4) is 0 Å². The Labute approximate surface area is 79.6 Å². The van der Waals surface area contributed by atoms with Gasteiger partial charge in [0.15, 0.2) is 0 Å². The Morgan fingerprint density at radius 1 is 1.31 bits per heavy atom. The smallest absolute Gasteiger partial charge is 0.265 e. The van der Waals surface area contributed by atoms with E-state index in [1.165, 1.54) is 0 Å². The molecule has 0 radical (unpaired) electrons. The summed E-state index contributed by atoms with van der Waals surface area (Å²) in [5.41, 5.74) is 10.7. The summed E-state index contributed by atoms with van der Waals surface area (Å²) in [5, 5.41) is 0. The molecule has 0 saturated carbocycles. The third-order valence-electron chi connectivity index (χ3n) is 1.49. The van der Waals surface area contributed by atoms with Crippen LogP contribution in [0.3, 0.4) is 0 Å². The average Bonchev–Trinajstić information content (AvgIpc) is 1.94. The Kier molecular flexibility index (Phi) is 6.23. The molecule has 0 aliphatic carbocycles. The SMILES string of the molecule is CS(=O)(=O)OC(N)CCCCCN. The van der Waals surface area contributed by atoms with Gasteiger partial charge in [0.25, 0.3) is 10.1 Å². The van der Waals surface area contributed by atoms with Crippen LogP contribution >= 0.6 is 0 Å². The van der Waals surface area contributed by atoms with Gasteiger partial charge < -0.3 is 11.5 Å². The minimum Gasteiger partial charge on any atom is -0.330 e. The Hall–Kier alpha value is -0.170. The van der Waals surface area contributed by atoms with Crippen molar-refractivity contribution < 1.29 is 12.6 Å². The predicted octanol–water partition coefficient (Wildman–Crippen LogP) is -0.233. The molecule has 0 spiro atoms. The van der Waals surface area contributed by atoms with Crippen molar-refractivity contribution in [2.24, 2.45) is 11.5 Å². The molecule has 1 atom stereocenters. The fourth-order valence-electron chi connectivity index (χ4n) is 0.939. The monoisotopic (exact) mass is 210 g/mol. The highest BCUT2D eigenvalue weighted by molar-refractivity contribution is 7.86. The summed E-state index contributed by atoms with van der Waals surface area (Å²) >= 11 is 0. The second-order valence-electron chi connectivity index (χ2n) is 2.98. The van der Waals surface area contributed by atoms with E-state index >= 15 is 0 Å². The normalized spacial score (nSPS) is 14.4. The Morgan fingerprint density at radius 3 is 2.38 bits per heavy atom. The summed E-state index contributed by atoms with van der Waals surface area (Å²) < 4.78 is 25.8. The van der Waals surface area contributed by atoms with Crippen LogP contribution in [0, 0.1) is 0 Å². The van der Waals surface area contributed by atoms with Gasteiger partial charge >= 0.3 is 0 Å². The van der Waals surface area contributed by atoms with Crippen LogP contribution in [0.25, 0.3) is 0 Å². The van der Waals surface area contributed by atoms with E-state index in [1.54, 1.807) is 0 Å². The topological polar surface area (TPSA) is 95.4 Å². The number of hydrogen-bond acceptors (Lipinski definition) is 5. The lowest BCUT2D eigenvalue weighted by Gasteiger charge is -2.09. The Balaban J connectivity index is 3.47. The predicted molar refractivity (Wildman–Crippen MR) is 51.4 cm³/mol. The first-order valence-corrected chi connectivity index (χ1v) is 6.11. The van der Waals surface area contributed by atoms with Gasteiger partial charge in [0.1, 0.15) is 6.23 Å². The highest BCUT2D eigenvalue weighted by Gasteiger charge is 2.09. The van der Waals surface area contributed by atoms with Gasteiger partial charge in [-0.3, -0.25) is 4.18 Å². The van der Waals surface area contributed by atoms with E-state index in [9.17, 15) is 8.42 Å². The molecular formula is C7H18N2O3S. The van der Waals surface area contributed by atoms with E-state index in [0.29, 0.717) is 13.0 Å². The van der Waals surface area contributed by atoms with Crippen LogP contribution in [0.4, 0.5) is 0 Å². The molecule has 4 N–H and O–H groups in total. The first-order chi connectivity index (χ1) is 5.95. The zero-order chi connectivity index (χ0) is 10.3. The van der Waals surface area contributed by atoms with E-state index in [0.717, 1.165) is 25.5 Å². The lowest BCUT2D eigenvalue weighted by atomic mass is 10.2. The maximum Gasteiger partial charge on any atom is 0.265 e. The molecule has 5 nitrogen and oxygen atoms in total. The highest BCUT2D eigenvalue weighted by atomic mass is 32.2. The first kappa shape index (κ1) is 12.8. The molecule has 0 aromatic rings. The summed E-state index contributed by atoms with van der Waals surface area (Å²) in [6.45, 7) is 0.655. The first-order valence-electron chi connectivity index (χ1n) is 4.29. The molecule has 0 aromatic carbocycles. The number of hydrogen-bond donors (Lipinski definition) is 2. The summed E-state index contributed by atoms with van der Waals surface area (Å²) in [6.07, 6.45) is 3.56. The average molecular weight is 210 g/mol. The van der Waals surface area contributed by atoms with Crippen molar-refractivity contribution in [2.45, 2.75) is 31.9 Å². The number of nitrogens with two attached hydrogens (primary N) is 2. The van der Waals surface area contributed by atoms with Crippen LogP contribution in [0.15, 0.2) is 0 Å². The van der Waals surface area contributed by atoms with Crippen molar-refractivity contribution in [3.63, 3.8) is 0 Å². The quantitative estimate of drug-likeness (QED) is 0.344. The standard InChI is InChI=1S/C7H18N2O3S/c1-13(10,11)12-7(9)5-3-2-4-6-8/h7H,2-6,8-9H2,1H3. The van der Waals surface area contributed by atoms with Crippen LogP contribution in [0.5, 0.6) is 0 Å². The van der Waals surface area contributed by atoms with Gasteiger partial charge in [-0.25, -0.2) is 0 Å². The minimum absolute atomic E-state index is 0.549. The molecule has 0 saturated heterocycles. The van der Waals surface area contributed by atoms with Crippen LogP contribution in [-0.4, -0.2) is 27.4 Å². The molecule has 0 bridgehead atoms. The molecule has 80 valence electrons. The maximum absolute atomic E-state index is 10.6. The third-order valence-corrected chi connectivity index (χ3v) is 2.09. The molecule has 0 aliphatic rings. The Bertz CT molecular complexity index is 216. The van der Waals surface area contributed by atoms with E-state index in [1.807, 2.05) is 0 Å². The molecule has 0 aliphatic heterocycles. The molecule has 0 amide bonds. The molecule has 0 fully saturated rings. The summed E-state index contributed by atoms with van der Waals surface area (Å²) in [7, 11) is -3.42. The van der Waals surface area contributed by atoms with E-state index in [2.05, 4.69) is 4.18 Å². The lowest BCUT2D eigenvalue weighted by molar-refractivity contribution is 0.204. The van der Waals surface area contributed by atoms with Crippen molar-refractivity contribution in [1.82, 2.24) is 0 Å². The van der Waals surface area contributed by atoms with Gasteiger partial charge in [0.2, 0.25) is 0 Å². The molecule has 0 rings (SSSR count). The summed E-state index contributed by atoms with van der Waals surface area (Å²) in [4.78, 5) is 0. The van der Waals surface area contributed by atoms with Crippen LogP contribution in [0.1, 0.15) is 25.7 Å². The van der Waals surface area contributed by atoms with Crippen molar-refractivity contribution in [2.75, 3.05) is 12.8 Å². The van der Waals surface area contributed by atoms with Crippen molar-refractivity contribution >= 4 is 10.1 Å². The molecule has 0 aromatic heterocycles. The van der Waals surface area contributed by atoms with E-state index in [-0.39, 0.29) is 0 Å². The van der Waals surface area contributed by atoms with Gasteiger partial charge in [-0.1, -0.05) is 6.42 Å². The Morgan fingerprint density at radius 2 is 1.92 bits per heavy atom. The second kappa shape index (κ2) is 6.31.